The third kappa shape index (κ3) is 7.93. The monoisotopic (exact) mass is 777 g/mol. The first-order valence-corrected chi connectivity index (χ1v) is 18.0. The van der Waals surface area contributed by atoms with Crippen LogP contribution in [0, 0.1) is 0 Å². The number of aromatic amines is 2. The highest BCUT2D eigenvalue weighted by molar-refractivity contribution is 6.30. The van der Waals surface area contributed by atoms with Crippen molar-refractivity contribution in [1.82, 2.24) is 24.9 Å². The second kappa shape index (κ2) is 14.5. The molecule has 0 atom stereocenters. The van der Waals surface area contributed by atoms with Crippen LogP contribution in [0.2, 0.25) is 5.02 Å². The van der Waals surface area contributed by atoms with E-state index < -0.39 is 23.5 Å². The summed E-state index contributed by atoms with van der Waals surface area (Å²) in [5, 5.41) is 1.80. The van der Waals surface area contributed by atoms with Crippen LogP contribution in [0.15, 0.2) is 97.1 Å². The molecule has 5 heterocycles. The van der Waals surface area contributed by atoms with Gasteiger partial charge in [-0.2, -0.15) is 26.3 Å². The highest BCUT2D eigenvalue weighted by Crippen LogP contribution is 2.33. The molecule has 0 radical (unpaired) electrons. The Labute approximate surface area is 316 Å². The smallest absolute Gasteiger partial charge is 0.368 e. The molecule has 0 aliphatic carbocycles. The minimum absolute atomic E-state index is 0.395. The molecule has 0 bridgehead atoms. The van der Waals surface area contributed by atoms with Gasteiger partial charge in [-0.05, 0) is 72.8 Å². The number of rotatable bonds is 4. The number of aromatic nitrogens is 5. The topological polar surface area (TPSA) is 83.2 Å². The van der Waals surface area contributed by atoms with Gasteiger partial charge in [-0.15, -0.1) is 0 Å². The minimum Gasteiger partial charge on any atom is -0.368 e. The summed E-state index contributed by atoms with van der Waals surface area (Å²) >= 11 is 6.05. The maximum absolute atomic E-state index is 12.9. The minimum atomic E-state index is -4.36. The van der Waals surface area contributed by atoms with Crippen molar-refractivity contribution in [2.75, 3.05) is 72.0 Å². The number of imidazole rings is 2. The molecule has 2 aliphatic rings. The molecule has 2 fully saturated rings. The number of benzene rings is 4. The molecule has 0 spiro atoms. The number of piperazine rings is 2. The number of fused-ring (bicyclic) bond motifs is 3. The number of hydrogen-bond donors (Lipinski definition) is 2. The van der Waals surface area contributed by atoms with Crippen LogP contribution in [0.25, 0.3) is 33.0 Å². The van der Waals surface area contributed by atoms with Crippen molar-refractivity contribution in [3.8, 4) is 0 Å². The molecule has 9 nitrogen and oxygen atoms in total. The zero-order chi connectivity index (χ0) is 38.3. The molecule has 2 aliphatic heterocycles. The van der Waals surface area contributed by atoms with E-state index >= 15 is 0 Å². The van der Waals surface area contributed by atoms with Gasteiger partial charge in [0.2, 0.25) is 11.9 Å². The molecule has 2 saturated heterocycles. The lowest BCUT2D eigenvalue weighted by Gasteiger charge is -2.36. The van der Waals surface area contributed by atoms with E-state index in [0.717, 1.165) is 85.9 Å². The predicted octanol–water partition coefficient (Wildman–Crippen LogP) is 9.02. The zero-order valence-electron chi connectivity index (χ0n) is 29.2. The van der Waals surface area contributed by atoms with Crippen LogP contribution in [0.3, 0.4) is 0 Å². The van der Waals surface area contributed by atoms with Crippen LogP contribution in [-0.4, -0.2) is 77.3 Å². The number of H-pyrrole nitrogens is 2. The van der Waals surface area contributed by atoms with Gasteiger partial charge < -0.3 is 29.6 Å². The van der Waals surface area contributed by atoms with Crippen molar-refractivity contribution >= 4 is 68.0 Å². The number of nitrogens with one attached hydrogen (secondary N) is 2. The molecule has 4 aromatic carbocycles. The second-order valence-electron chi connectivity index (χ2n) is 13.4. The Bertz CT molecular complexity index is 2440. The quantitative estimate of drug-likeness (QED) is 0.173. The number of alkyl halides is 6. The average Bonchev–Trinajstić information content (AvgIpc) is 3.82. The van der Waals surface area contributed by atoms with Crippen LogP contribution in [0.5, 0.6) is 0 Å². The number of halogens is 7. The molecule has 55 heavy (non-hydrogen) atoms. The Morgan fingerprint density at radius 1 is 0.491 bits per heavy atom. The second-order valence-corrected chi connectivity index (χ2v) is 13.8. The Balaban J connectivity index is 0.000000156. The number of para-hydroxylation sites is 1. The first-order valence-electron chi connectivity index (χ1n) is 17.6. The lowest BCUT2D eigenvalue weighted by Crippen LogP contribution is -2.47. The van der Waals surface area contributed by atoms with E-state index in [-0.39, 0.29) is 0 Å². The van der Waals surface area contributed by atoms with Crippen LogP contribution in [-0.2, 0) is 12.4 Å². The average molecular weight is 778 g/mol. The van der Waals surface area contributed by atoms with Gasteiger partial charge in [-0.3, -0.25) is 0 Å². The van der Waals surface area contributed by atoms with Crippen LogP contribution < -0.4 is 19.6 Å². The third-order valence-electron chi connectivity index (χ3n) is 9.83. The van der Waals surface area contributed by atoms with Crippen molar-refractivity contribution < 1.29 is 26.3 Å². The fourth-order valence-electron chi connectivity index (χ4n) is 6.87. The fraction of sp³-hybridized carbons (Fsp3) is 0.256. The summed E-state index contributed by atoms with van der Waals surface area (Å²) in [7, 11) is 0. The van der Waals surface area contributed by atoms with Crippen molar-refractivity contribution in [3.63, 3.8) is 0 Å². The number of pyridine rings is 1. The third-order valence-corrected chi connectivity index (χ3v) is 10.1. The van der Waals surface area contributed by atoms with Gasteiger partial charge in [-0.25, -0.2) is 15.0 Å². The molecule has 284 valence electrons. The largest absolute Gasteiger partial charge is 0.416 e. The Morgan fingerprint density at radius 3 is 1.56 bits per heavy atom. The highest BCUT2D eigenvalue weighted by Gasteiger charge is 2.32. The summed E-state index contributed by atoms with van der Waals surface area (Å²) in [4.78, 5) is 28.3. The SMILES string of the molecule is FC(F)(F)c1ccc2nc(N3CCN(c4ccc5ccccc5n4)CC3)[nH]c2c1.FC(F)(F)c1ccc2nc(N3CCN(c4cccc(Cl)c4)CC3)[nH]c2c1. The first kappa shape index (κ1) is 36.3. The van der Waals surface area contributed by atoms with E-state index in [1.807, 2.05) is 59.5 Å². The summed E-state index contributed by atoms with van der Waals surface area (Å²) in [6, 6.07) is 27.0. The van der Waals surface area contributed by atoms with Gasteiger partial charge in [0, 0.05) is 68.5 Å². The van der Waals surface area contributed by atoms with E-state index in [9.17, 15) is 26.3 Å². The maximum atomic E-state index is 12.9. The van der Waals surface area contributed by atoms with E-state index in [4.69, 9.17) is 16.6 Å². The van der Waals surface area contributed by atoms with Gasteiger partial charge in [-0.1, -0.05) is 35.9 Å². The summed E-state index contributed by atoms with van der Waals surface area (Å²) in [5.74, 6) is 2.14. The van der Waals surface area contributed by atoms with Gasteiger partial charge in [0.15, 0.2) is 0 Å². The molecule has 0 unspecified atom stereocenters. The predicted molar refractivity (Wildman–Crippen MR) is 204 cm³/mol. The van der Waals surface area contributed by atoms with Gasteiger partial charge in [0.1, 0.15) is 5.82 Å². The lowest BCUT2D eigenvalue weighted by atomic mass is 10.2. The van der Waals surface area contributed by atoms with Gasteiger partial charge >= 0.3 is 12.4 Å². The normalized spacial score (nSPS) is 15.5. The number of anilines is 4. The lowest BCUT2D eigenvalue weighted by molar-refractivity contribution is -0.138. The summed E-state index contributed by atoms with van der Waals surface area (Å²) in [5.41, 5.74) is 2.54. The molecule has 7 aromatic rings. The van der Waals surface area contributed by atoms with Crippen LogP contribution >= 0.6 is 11.6 Å². The van der Waals surface area contributed by atoms with E-state index in [0.29, 0.717) is 52.1 Å². The molecule has 2 N–H and O–H groups in total. The van der Waals surface area contributed by atoms with Crippen molar-refractivity contribution in [2.24, 2.45) is 0 Å². The molecule has 3 aromatic heterocycles. The Hall–Kier alpha value is -5.70. The fourth-order valence-corrected chi connectivity index (χ4v) is 7.06. The Morgan fingerprint density at radius 2 is 1.02 bits per heavy atom. The van der Waals surface area contributed by atoms with E-state index in [1.165, 1.54) is 12.1 Å². The van der Waals surface area contributed by atoms with Crippen LogP contribution in [0.1, 0.15) is 11.1 Å². The standard InChI is InChI=1S/C21H18F3N5.C18H16ClF3N4/c22-21(23,24)15-6-7-17-18(13-15)27-20(26-17)29-11-9-28(10-12-29)19-8-5-14-3-1-2-4-16(14)25-19;19-13-2-1-3-14(11-13)25-6-8-26(9-7-25)17-23-15-5-4-12(18(20,21)22)10-16(15)24-17/h1-8,13H,9-12H2,(H,26,27);1-5,10-11H,6-9H2,(H,23,24). The molecular formula is C39H34ClF6N9. The first-order chi connectivity index (χ1) is 26.4. The van der Waals surface area contributed by atoms with Gasteiger partial charge in [0.05, 0.1) is 38.7 Å². The number of nitrogens with zero attached hydrogens (tertiary/aromatic N) is 7. The summed E-state index contributed by atoms with van der Waals surface area (Å²) < 4.78 is 77.3. The number of hydrogen-bond acceptors (Lipinski definition) is 7. The molecule has 16 heteroatoms. The Kier molecular flexibility index (Phi) is 9.57. The molecular weight excluding hydrogens is 744 g/mol. The zero-order valence-corrected chi connectivity index (χ0v) is 29.9. The van der Waals surface area contributed by atoms with E-state index in [2.05, 4.69) is 40.7 Å². The summed E-state index contributed by atoms with van der Waals surface area (Å²) in [6.07, 6.45) is -8.72. The molecule has 0 amide bonds. The van der Waals surface area contributed by atoms with Gasteiger partial charge in [0.25, 0.3) is 0 Å². The molecule has 9 rings (SSSR count). The highest BCUT2D eigenvalue weighted by atomic mass is 35.5. The van der Waals surface area contributed by atoms with Crippen LogP contribution in [0.4, 0.5) is 49.7 Å². The van der Waals surface area contributed by atoms with Crippen molar-refractivity contribution in [1.29, 1.82) is 0 Å². The summed E-state index contributed by atoms with van der Waals surface area (Å²) in [6.45, 7) is 5.95. The molecule has 0 saturated carbocycles. The van der Waals surface area contributed by atoms with Crippen molar-refractivity contribution in [3.05, 3.63) is 113 Å². The van der Waals surface area contributed by atoms with E-state index in [1.54, 1.807) is 0 Å². The van der Waals surface area contributed by atoms with Crippen molar-refractivity contribution in [2.45, 2.75) is 12.4 Å². The maximum Gasteiger partial charge on any atom is 0.416 e.